The number of aromatic amines is 1. The monoisotopic (exact) mass is 549 g/mol. The number of unbranched alkanes of at least 4 members (excludes halogenated alkanes) is 1. The third-order valence-corrected chi connectivity index (χ3v) is 6.49. The number of pyridine rings is 1. The first-order valence-corrected chi connectivity index (χ1v) is 11.0. The highest BCUT2D eigenvalue weighted by Crippen LogP contribution is 2.31. The van der Waals surface area contributed by atoms with Gasteiger partial charge in [-0.05, 0) is 75.9 Å². The minimum absolute atomic E-state index is 0.0203. The molecule has 0 aliphatic heterocycles. The summed E-state index contributed by atoms with van der Waals surface area (Å²) in [5.74, 6) is 1.66. The molecule has 7 heteroatoms. The lowest BCUT2D eigenvalue weighted by molar-refractivity contribution is 0.301. The third kappa shape index (κ3) is 5.86. The lowest BCUT2D eigenvalue weighted by Crippen LogP contribution is -2.13. The first kappa shape index (κ1) is 21.5. The summed E-state index contributed by atoms with van der Waals surface area (Å²) in [4.78, 5) is 15.4. The fourth-order valence-electron chi connectivity index (χ4n) is 2.31. The Balaban J connectivity index is 1.89. The number of benzene rings is 1. The molecule has 1 heterocycles. The van der Waals surface area contributed by atoms with E-state index in [-0.39, 0.29) is 10.3 Å². The van der Waals surface area contributed by atoms with E-state index in [2.05, 4.69) is 59.7 Å². The average Bonchev–Trinajstić information content (AvgIpc) is 2.64. The van der Waals surface area contributed by atoms with E-state index in [0.717, 1.165) is 42.3 Å². The molecule has 1 N–H and O–H groups in total. The zero-order chi connectivity index (χ0) is 19.1. The Labute approximate surface area is 179 Å². The van der Waals surface area contributed by atoms with E-state index in [9.17, 15) is 4.79 Å². The van der Waals surface area contributed by atoms with Crippen LogP contribution in [0.15, 0.2) is 38.0 Å². The maximum Gasteiger partial charge on any atom is 0.210 e. The second-order valence-electron chi connectivity index (χ2n) is 5.90. The lowest BCUT2D eigenvalue weighted by atomic mass is 10.2. The molecule has 0 radical (unpaired) electrons. The average molecular weight is 552 g/mol. The molecule has 142 valence electrons. The normalized spacial score (nSPS) is 12.0. The maximum atomic E-state index is 12.2. The van der Waals surface area contributed by atoms with E-state index in [1.165, 1.54) is 0 Å². The Bertz CT molecular complexity index is 775. The molecule has 1 atom stereocenters. The van der Waals surface area contributed by atoms with Crippen LogP contribution >= 0.6 is 47.8 Å². The van der Waals surface area contributed by atoms with E-state index in [1.807, 2.05) is 31.2 Å². The Morgan fingerprint density at radius 2 is 1.62 bits per heavy atom. The van der Waals surface area contributed by atoms with Crippen LogP contribution in [-0.2, 0) is 0 Å². The van der Waals surface area contributed by atoms with Crippen molar-refractivity contribution in [3.05, 3.63) is 54.8 Å². The van der Waals surface area contributed by atoms with E-state index in [1.54, 1.807) is 0 Å². The van der Waals surface area contributed by atoms with Crippen molar-refractivity contribution in [3.63, 3.8) is 0 Å². The number of H-pyrrole nitrogens is 1. The standard InChI is InChI=1S/C19H22Br3NO3/c1-3-4-10-25-13-5-7-14(8-6-13)26-11-9-15(20)18-17(22)19(24)16(21)12(2)23-18/h5-8,15H,3-4,9-11H2,1-2H3,(H,23,24). The number of hydrogen-bond acceptors (Lipinski definition) is 3. The summed E-state index contributed by atoms with van der Waals surface area (Å²) < 4.78 is 12.5. The summed E-state index contributed by atoms with van der Waals surface area (Å²) in [5, 5.41) is 0. The van der Waals surface area contributed by atoms with Gasteiger partial charge in [0, 0.05) is 11.4 Å². The highest BCUT2D eigenvalue weighted by atomic mass is 79.9. The van der Waals surface area contributed by atoms with Crippen LogP contribution in [0.4, 0.5) is 0 Å². The molecule has 26 heavy (non-hydrogen) atoms. The number of hydrogen-bond donors (Lipinski definition) is 1. The summed E-state index contributed by atoms with van der Waals surface area (Å²) in [6, 6.07) is 7.66. The van der Waals surface area contributed by atoms with Gasteiger partial charge in [-0.25, -0.2) is 0 Å². The third-order valence-electron chi connectivity index (χ3n) is 3.83. The Kier molecular flexibility index (Phi) is 8.70. The number of aromatic nitrogens is 1. The molecule has 2 aromatic rings. The van der Waals surface area contributed by atoms with Crippen LogP contribution in [-0.4, -0.2) is 18.2 Å². The van der Waals surface area contributed by atoms with Crippen molar-refractivity contribution < 1.29 is 9.47 Å². The van der Waals surface area contributed by atoms with Gasteiger partial charge in [-0.1, -0.05) is 29.3 Å². The minimum atomic E-state index is -0.0553. The predicted octanol–water partition coefficient (Wildman–Crippen LogP) is 6.29. The number of nitrogens with one attached hydrogen (secondary N) is 1. The number of alkyl halides is 1. The zero-order valence-electron chi connectivity index (χ0n) is 14.8. The molecular formula is C19H22Br3NO3. The summed E-state index contributed by atoms with van der Waals surface area (Å²) in [5.41, 5.74) is 1.57. The summed E-state index contributed by atoms with van der Waals surface area (Å²) >= 11 is 10.3. The molecule has 0 aliphatic carbocycles. The molecule has 2 rings (SSSR count). The molecule has 0 fully saturated rings. The van der Waals surface area contributed by atoms with E-state index in [4.69, 9.17) is 9.47 Å². The molecule has 1 unspecified atom stereocenters. The molecule has 0 saturated carbocycles. The van der Waals surface area contributed by atoms with E-state index >= 15 is 0 Å². The smallest absolute Gasteiger partial charge is 0.210 e. The molecular weight excluding hydrogens is 530 g/mol. The highest BCUT2D eigenvalue weighted by molar-refractivity contribution is 9.11. The van der Waals surface area contributed by atoms with Crippen molar-refractivity contribution in [2.75, 3.05) is 13.2 Å². The first-order chi connectivity index (χ1) is 12.4. The van der Waals surface area contributed by atoms with Gasteiger partial charge in [0.15, 0.2) is 0 Å². The summed E-state index contributed by atoms with van der Waals surface area (Å²) in [6.07, 6.45) is 2.89. The van der Waals surface area contributed by atoms with Gasteiger partial charge < -0.3 is 14.5 Å². The van der Waals surface area contributed by atoms with Crippen LogP contribution in [0, 0.1) is 6.92 Å². The topological polar surface area (TPSA) is 51.3 Å². The van der Waals surface area contributed by atoms with Crippen molar-refractivity contribution in [3.8, 4) is 11.5 Å². The fourth-order valence-corrected chi connectivity index (χ4v) is 4.28. The van der Waals surface area contributed by atoms with Gasteiger partial charge in [-0.2, -0.15) is 0 Å². The molecule has 1 aromatic carbocycles. The quantitative estimate of drug-likeness (QED) is 0.294. The highest BCUT2D eigenvalue weighted by Gasteiger charge is 2.17. The van der Waals surface area contributed by atoms with Gasteiger partial charge >= 0.3 is 0 Å². The van der Waals surface area contributed by atoms with Gasteiger partial charge in [0.2, 0.25) is 5.43 Å². The van der Waals surface area contributed by atoms with Crippen molar-refractivity contribution in [2.45, 2.75) is 37.9 Å². The molecule has 0 amide bonds. The van der Waals surface area contributed by atoms with Crippen LogP contribution in [0.5, 0.6) is 11.5 Å². The summed E-state index contributed by atoms with van der Waals surface area (Å²) in [6.45, 7) is 5.26. The second-order valence-corrected chi connectivity index (χ2v) is 8.59. The van der Waals surface area contributed by atoms with Gasteiger partial charge in [-0.3, -0.25) is 4.79 Å². The molecule has 1 aromatic heterocycles. The first-order valence-electron chi connectivity index (χ1n) is 8.51. The van der Waals surface area contributed by atoms with Crippen LogP contribution in [0.3, 0.4) is 0 Å². The van der Waals surface area contributed by atoms with Gasteiger partial charge in [0.25, 0.3) is 0 Å². The number of ether oxygens (including phenoxy) is 2. The van der Waals surface area contributed by atoms with E-state index in [0.29, 0.717) is 22.0 Å². The lowest BCUT2D eigenvalue weighted by Gasteiger charge is -2.15. The molecule has 0 bridgehead atoms. The van der Waals surface area contributed by atoms with Crippen molar-refractivity contribution in [2.24, 2.45) is 0 Å². The van der Waals surface area contributed by atoms with Crippen molar-refractivity contribution in [1.29, 1.82) is 0 Å². The van der Waals surface area contributed by atoms with Crippen LogP contribution < -0.4 is 14.9 Å². The van der Waals surface area contributed by atoms with Crippen molar-refractivity contribution >= 4 is 47.8 Å². The largest absolute Gasteiger partial charge is 0.494 e. The minimum Gasteiger partial charge on any atom is -0.494 e. The second kappa shape index (κ2) is 10.5. The molecule has 0 saturated heterocycles. The number of rotatable bonds is 9. The number of aryl methyl sites for hydroxylation is 1. The molecule has 4 nitrogen and oxygen atoms in total. The van der Waals surface area contributed by atoms with Crippen molar-refractivity contribution in [1.82, 2.24) is 4.98 Å². The zero-order valence-corrected chi connectivity index (χ0v) is 19.5. The SMILES string of the molecule is CCCCOc1ccc(OCCC(Br)c2[nH]c(C)c(Br)c(=O)c2Br)cc1. The predicted molar refractivity (Wildman–Crippen MR) is 116 cm³/mol. The Morgan fingerprint density at radius 3 is 2.19 bits per heavy atom. The Hall–Kier alpha value is -0.790. The van der Waals surface area contributed by atoms with Gasteiger partial charge in [0.1, 0.15) is 11.5 Å². The van der Waals surface area contributed by atoms with Gasteiger partial charge in [-0.15, -0.1) is 0 Å². The van der Waals surface area contributed by atoms with Gasteiger partial charge in [0.05, 0.1) is 27.0 Å². The van der Waals surface area contributed by atoms with Crippen LogP contribution in [0.1, 0.15) is 42.4 Å². The Morgan fingerprint density at radius 1 is 1.04 bits per heavy atom. The van der Waals surface area contributed by atoms with E-state index < -0.39 is 0 Å². The fraction of sp³-hybridized carbons (Fsp3) is 0.421. The van der Waals surface area contributed by atoms with Crippen LogP contribution in [0.25, 0.3) is 0 Å². The molecule has 0 aliphatic rings. The van der Waals surface area contributed by atoms with Crippen LogP contribution in [0.2, 0.25) is 0 Å². The maximum absolute atomic E-state index is 12.2. The number of halogens is 3. The summed E-state index contributed by atoms with van der Waals surface area (Å²) in [7, 11) is 0. The molecule has 0 spiro atoms.